The second kappa shape index (κ2) is 12.9. The minimum atomic E-state index is -0.180. The highest BCUT2D eigenvalue weighted by molar-refractivity contribution is 7.99. The summed E-state index contributed by atoms with van der Waals surface area (Å²) >= 11 is 13.5. The summed E-state index contributed by atoms with van der Waals surface area (Å²) in [4.78, 5) is 42.0. The Morgan fingerprint density at radius 1 is 1.11 bits per heavy atom. The first-order valence-corrected chi connectivity index (χ1v) is 13.5. The number of halogens is 2. The molecule has 1 aliphatic rings. The first-order valence-electron chi connectivity index (χ1n) is 11.8. The summed E-state index contributed by atoms with van der Waals surface area (Å²) in [6, 6.07) is 14.2. The number of carbonyl (C=O) groups is 2. The molecule has 12 heteroatoms. The molecule has 2 N–H and O–H groups in total. The summed E-state index contributed by atoms with van der Waals surface area (Å²) in [5.74, 6) is 0.731. The van der Waals surface area contributed by atoms with E-state index in [1.54, 1.807) is 41.4 Å². The Morgan fingerprint density at radius 2 is 1.97 bits per heavy atom. The monoisotopic (exact) mass is 559 g/mol. The van der Waals surface area contributed by atoms with Crippen molar-refractivity contribution in [3.63, 3.8) is 0 Å². The van der Waals surface area contributed by atoms with Gasteiger partial charge < -0.3 is 20.4 Å². The van der Waals surface area contributed by atoms with Crippen LogP contribution in [0.2, 0.25) is 10.2 Å². The summed E-state index contributed by atoms with van der Waals surface area (Å²) in [5, 5.41) is 7.08. The molecule has 1 saturated heterocycles. The molecule has 2 aromatic heterocycles. The smallest absolute Gasteiger partial charge is 0.322 e. The number of nitrogens with one attached hydrogen (secondary N) is 2. The molecule has 1 unspecified atom stereocenters. The van der Waals surface area contributed by atoms with Crippen LogP contribution in [0.4, 0.5) is 16.3 Å². The number of piperazine rings is 1. The molecule has 0 radical (unpaired) electrons. The Bertz CT molecular complexity index is 1230. The third-order valence-electron chi connectivity index (χ3n) is 5.71. The van der Waals surface area contributed by atoms with Crippen LogP contribution in [0, 0.1) is 0 Å². The molecule has 4 rings (SSSR count). The highest BCUT2D eigenvalue weighted by Crippen LogP contribution is 2.24. The van der Waals surface area contributed by atoms with Gasteiger partial charge in [-0.15, -0.1) is 0 Å². The highest BCUT2D eigenvalue weighted by atomic mass is 35.5. The van der Waals surface area contributed by atoms with Gasteiger partial charge in [0.2, 0.25) is 5.91 Å². The predicted molar refractivity (Wildman–Crippen MR) is 148 cm³/mol. The van der Waals surface area contributed by atoms with Crippen molar-refractivity contribution in [2.75, 3.05) is 42.1 Å². The highest BCUT2D eigenvalue weighted by Gasteiger charge is 2.28. The number of pyridine rings is 1. The van der Waals surface area contributed by atoms with Gasteiger partial charge in [0.25, 0.3) is 0 Å². The van der Waals surface area contributed by atoms with E-state index in [2.05, 4.69) is 30.5 Å². The number of urea groups is 1. The van der Waals surface area contributed by atoms with Gasteiger partial charge >= 0.3 is 6.03 Å². The molecule has 1 atom stereocenters. The molecule has 0 aliphatic carbocycles. The van der Waals surface area contributed by atoms with Crippen LogP contribution in [-0.2, 0) is 11.2 Å². The molecule has 3 heterocycles. The third-order valence-corrected chi connectivity index (χ3v) is 6.99. The minimum absolute atomic E-state index is 0.0670. The fourth-order valence-corrected chi connectivity index (χ4v) is 5.00. The van der Waals surface area contributed by atoms with Crippen molar-refractivity contribution in [2.24, 2.45) is 0 Å². The molecular formula is C25H27Cl2N7O2S. The van der Waals surface area contributed by atoms with Crippen molar-refractivity contribution in [2.45, 2.75) is 24.5 Å². The van der Waals surface area contributed by atoms with Crippen LogP contribution in [0.3, 0.4) is 0 Å². The van der Waals surface area contributed by atoms with E-state index < -0.39 is 0 Å². The zero-order chi connectivity index (χ0) is 26.2. The molecular weight excluding hydrogens is 533 g/mol. The molecule has 0 saturated carbocycles. The predicted octanol–water partition coefficient (Wildman–Crippen LogP) is 4.37. The topological polar surface area (TPSA) is 103 Å². The second-order valence-corrected chi connectivity index (χ2v) is 10.2. The lowest BCUT2D eigenvalue weighted by atomic mass is 10.2. The Labute approximate surface area is 230 Å². The van der Waals surface area contributed by atoms with Gasteiger partial charge in [-0.1, -0.05) is 47.1 Å². The van der Waals surface area contributed by atoms with Crippen LogP contribution >= 0.6 is 35.0 Å². The average molecular weight is 561 g/mol. The van der Waals surface area contributed by atoms with E-state index in [1.807, 2.05) is 25.1 Å². The van der Waals surface area contributed by atoms with Crippen LogP contribution < -0.4 is 15.5 Å². The Kier molecular flexibility index (Phi) is 9.43. The molecule has 37 heavy (non-hydrogen) atoms. The quantitative estimate of drug-likeness (QED) is 0.240. The average Bonchev–Trinajstić information content (AvgIpc) is 2.87. The fraction of sp³-hybridized carbons (Fsp3) is 0.320. The van der Waals surface area contributed by atoms with Crippen molar-refractivity contribution in [3.05, 3.63) is 70.6 Å². The summed E-state index contributed by atoms with van der Waals surface area (Å²) in [6.45, 7) is 4.16. The first-order chi connectivity index (χ1) is 17.9. The largest absolute Gasteiger partial charge is 0.355 e. The molecule has 0 spiro atoms. The van der Waals surface area contributed by atoms with Crippen molar-refractivity contribution in [1.82, 2.24) is 25.2 Å². The summed E-state index contributed by atoms with van der Waals surface area (Å²) in [5.41, 5.74) is 1.58. The minimum Gasteiger partial charge on any atom is -0.355 e. The summed E-state index contributed by atoms with van der Waals surface area (Å²) in [7, 11) is 0. The van der Waals surface area contributed by atoms with E-state index in [4.69, 9.17) is 23.2 Å². The summed E-state index contributed by atoms with van der Waals surface area (Å²) < 4.78 is 0. The summed E-state index contributed by atoms with van der Waals surface area (Å²) in [6.07, 6.45) is 2.40. The molecule has 1 aliphatic heterocycles. The number of nitrogens with zero attached hydrogens (tertiary/aromatic N) is 5. The maximum atomic E-state index is 12.8. The van der Waals surface area contributed by atoms with E-state index in [0.717, 1.165) is 5.69 Å². The first kappa shape index (κ1) is 27.0. The van der Waals surface area contributed by atoms with Crippen LogP contribution in [0.25, 0.3) is 0 Å². The number of hydrogen-bond acceptors (Lipinski definition) is 7. The lowest BCUT2D eigenvalue weighted by Crippen LogP contribution is -2.55. The van der Waals surface area contributed by atoms with Gasteiger partial charge in [0.05, 0.1) is 5.75 Å². The normalized spacial score (nSPS) is 15.4. The van der Waals surface area contributed by atoms with Crippen molar-refractivity contribution in [3.8, 4) is 0 Å². The van der Waals surface area contributed by atoms with Gasteiger partial charge in [-0.25, -0.2) is 14.8 Å². The lowest BCUT2D eigenvalue weighted by Gasteiger charge is -2.40. The number of aromatic nitrogens is 3. The van der Waals surface area contributed by atoms with Crippen LogP contribution in [0.5, 0.6) is 0 Å². The number of carbonyl (C=O) groups excluding carboxylic acids is 2. The fourth-order valence-electron chi connectivity index (χ4n) is 3.90. The second-order valence-electron chi connectivity index (χ2n) is 8.47. The zero-order valence-corrected chi connectivity index (χ0v) is 22.6. The third kappa shape index (κ3) is 7.95. The molecule has 9 nitrogen and oxygen atoms in total. The standard InChI is InChI=1S/C25H27Cl2N7O2S/c1-17-15-33(11-12-34(17)25(36)30-20-7-4-5-18(26)13-20)22-14-21(27)31-24(32-22)37-16-23(35)29-10-8-19-6-2-3-9-28-19/h2-7,9,13-14,17H,8,10-12,15-16H2,1H3,(H,29,35)(H,30,36). The van der Waals surface area contributed by atoms with Gasteiger partial charge in [-0.2, -0.15) is 0 Å². The SMILES string of the molecule is CC1CN(c2cc(Cl)nc(SCC(=O)NCCc3ccccn3)n2)CCN1C(=O)Nc1cccc(Cl)c1. The number of anilines is 2. The molecule has 3 amide bonds. The van der Waals surface area contributed by atoms with Gasteiger partial charge in [0, 0.05) is 67.3 Å². The number of benzene rings is 1. The van der Waals surface area contributed by atoms with E-state index in [-0.39, 0.29) is 23.7 Å². The maximum absolute atomic E-state index is 12.8. The maximum Gasteiger partial charge on any atom is 0.322 e. The van der Waals surface area contributed by atoms with Gasteiger partial charge in [-0.3, -0.25) is 9.78 Å². The van der Waals surface area contributed by atoms with Crippen molar-refractivity contribution >= 4 is 58.4 Å². The Hall–Kier alpha value is -3.08. The molecule has 1 fully saturated rings. The molecule has 3 aromatic rings. The molecule has 194 valence electrons. The Morgan fingerprint density at radius 3 is 2.73 bits per heavy atom. The number of hydrogen-bond donors (Lipinski definition) is 2. The van der Waals surface area contributed by atoms with E-state index in [9.17, 15) is 9.59 Å². The van der Waals surface area contributed by atoms with Crippen LogP contribution in [-0.4, -0.2) is 69.8 Å². The number of amides is 3. The molecule has 0 bridgehead atoms. The van der Waals surface area contributed by atoms with E-state index >= 15 is 0 Å². The van der Waals surface area contributed by atoms with Crippen LogP contribution in [0.15, 0.2) is 59.9 Å². The zero-order valence-electron chi connectivity index (χ0n) is 20.2. The van der Waals surface area contributed by atoms with Crippen molar-refractivity contribution < 1.29 is 9.59 Å². The van der Waals surface area contributed by atoms with Crippen molar-refractivity contribution in [1.29, 1.82) is 0 Å². The van der Waals surface area contributed by atoms with E-state index in [0.29, 0.717) is 59.4 Å². The molecule has 1 aromatic carbocycles. The van der Waals surface area contributed by atoms with Gasteiger partial charge in [-0.05, 0) is 37.3 Å². The van der Waals surface area contributed by atoms with E-state index in [1.165, 1.54) is 11.8 Å². The lowest BCUT2D eigenvalue weighted by molar-refractivity contribution is -0.118. The van der Waals surface area contributed by atoms with Gasteiger partial charge in [0.15, 0.2) is 5.16 Å². The van der Waals surface area contributed by atoms with Gasteiger partial charge in [0.1, 0.15) is 11.0 Å². The van der Waals surface area contributed by atoms with Crippen LogP contribution in [0.1, 0.15) is 12.6 Å². The number of thioether (sulfide) groups is 1. The Balaban J connectivity index is 1.28. The number of rotatable bonds is 8.